The Morgan fingerprint density at radius 2 is 2.28 bits per heavy atom. The van der Waals surface area contributed by atoms with Crippen molar-refractivity contribution < 1.29 is 14.7 Å². The highest BCUT2D eigenvalue weighted by atomic mass is 16.4. The predicted octanol–water partition coefficient (Wildman–Crippen LogP) is 0.436. The average molecular weight is 254 g/mol. The summed E-state index contributed by atoms with van der Waals surface area (Å²) in [4.78, 5) is 25.6. The van der Waals surface area contributed by atoms with Gasteiger partial charge in [-0.25, -0.2) is 9.78 Å². The fourth-order valence-corrected chi connectivity index (χ4v) is 1.47. The van der Waals surface area contributed by atoms with Crippen molar-refractivity contribution in [1.29, 1.82) is 0 Å². The molecule has 0 radical (unpaired) electrons. The molecule has 0 aliphatic heterocycles. The summed E-state index contributed by atoms with van der Waals surface area (Å²) in [6, 6.07) is -0.313. The zero-order chi connectivity index (χ0) is 13.4. The number of carbonyl (C=O) groups excluding carboxylic acids is 1. The Labute approximate surface area is 105 Å². The Hall–Kier alpha value is -2.05. The van der Waals surface area contributed by atoms with Crippen LogP contribution >= 0.6 is 0 Å². The van der Waals surface area contributed by atoms with Gasteiger partial charge in [0.05, 0.1) is 6.33 Å². The number of rotatable bonds is 7. The van der Waals surface area contributed by atoms with Gasteiger partial charge in [0.1, 0.15) is 0 Å². The second kappa shape index (κ2) is 7.31. The lowest BCUT2D eigenvalue weighted by molar-refractivity contribution is -0.137. The molecule has 2 amide bonds. The van der Waals surface area contributed by atoms with Crippen LogP contribution in [0.15, 0.2) is 18.7 Å². The fraction of sp³-hybridized carbons (Fsp3) is 0.545. The van der Waals surface area contributed by atoms with Gasteiger partial charge >= 0.3 is 12.0 Å². The van der Waals surface area contributed by atoms with Gasteiger partial charge in [0.25, 0.3) is 0 Å². The first-order chi connectivity index (χ1) is 8.58. The smallest absolute Gasteiger partial charge is 0.315 e. The van der Waals surface area contributed by atoms with Crippen LogP contribution in [-0.2, 0) is 11.3 Å². The third-order valence-electron chi connectivity index (χ3n) is 2.27. The van der Waals surface area contributed by atoms with Crippen molar-refractivity contribution in [2.24, 2.45) is 0 Å². The van der Waals surface area contributed by atoms with Crippen molar-refractivity contribution in [3.63, 3.8) is 0 Å². The van der Waals surface area contributed by atoms with Crippen molar-refractivity contribution >= 4 is 12.0 Å². The number of amides is 2. The van der Waals surface area contributed by atoms with Crippen LogP contribution in [0.4, 0.5) is 4.79 Å². The summed E-state index contributed by atoms with van der Waals surface area (Å²) in [6.45, 7) is 2.88. The molecule has 1 aromatic heterocycles. The third kappa shape index (κ3) is 5.88. The molecule has 3 N–H and O–H groups in total. The fourth-order valence-electron chi connectivity index (χ4n) is 1.47. The maximum atomic E-state index is 11.4. The molecule has 1 unspecified atom stereocenters. The van der Waals surface area contributed by atoms with E-state index in [1.807, 2.05) is 17.7 Å². The van der Waals surface area contributed by atoms with Gasteiger partial charge < -0.3 is 20.3 Å². The molecule has 1 heterocycles. The number of carbonyl (C=O) groups is 2. The third-order valence-corrected chi connectivity index (χ3v) is 2.27. The van der Waals surface area contributed by atoms with Gasteiger partial charge in [0.2, 0.25) is 0 Å². The molecule has 0 bridgehead atoms. The standard InChI is InChI=1S/C11H18N4O3/c1-9(7-15-6-5-12-8-15)14-11(18)13-4-2-3-10(16)17/h5-6,8-9H,2-4,7H2,1H3,(H,16,17)(H2,13,14,18). The van der Waals surface area contributed by atoms with Gasteiger partial charge in [0, 0.05) is 37.9 Å². The first-order valence-electron chi connectivity index (χ1n) is 5.80. The summed E-state index contributed by atoms with van der Waals surface area (Å²) in [7, 11) is 0. The molecular weight excluding hydrogens is 236 g/mol. The number of carboxylic acids is 1. The molecular formula is C11H18N4O3. The lowest BCUT2D eigenvalue weighted by Gasteiger charge is -2.14. The average Bonchev–Trinajstić information content (AvgIpc) is 2.76. The number of nitrogens with one attached hydrogen (secondary N) is 2. The Morgan fingerprint density at radius 3 is 2.89 bits per heavy atom. The summed E-state index contributed by atoms with van der Waals surface area (Å²) < 4.78 is 1.87. The SMILES string of the molecule is CC(Cn1ccnc1)NC(=O)NCCCC(=O)O. The van der Waals surface area contributed by atoms with Gasteiger partial charge in [-0.2, -0.15) is 0 Å². The molecule has 1 aromatic rings. The molecule has 100 valence electrons. The predicted molar refractivity (Wildman–Crippen MR) is 65.1 cm³/mol. The highest BCUT2D eigenvalue weighted by Gasteiger charge is 2.07. The molecule has 0 saturated heterocycles. The molecule has 1 rings (SSSR count). The zero-order valence-corrected chi connectivity index (χ0v) is 10.3. The quantitative estimate of drug-likeness (QED) is 0.615. The highest BCUT2D eigenvalue weighted by molar-refractivity contribution is 5.74. The second-order valence-corrected chi connectivity index (χ2v) is 4.06. The van der Waals surface area contributed by atoms with Crippen LogP contribution in [0.2, 0.25) is 0 Å². The number of urea groups is 1. The largest absolute Gasteiger partial charge is 0.481 e. The molecule has 1 atom stereocenters. The van der Waals surface area contributed by atoms with E-state index < -0.39 is 5.97 Å². The molecule has 7 nitrogen and oxygen atoms in total. The summed E-state index contributed by atoms with van der Waals surface area (Å²) >= 11 is 0. The molecule has 0 aliphatic rings. The van der Waals surface area contributed by atoms with Gasteiger partial charge in [-0.3, -0.25) is 4.79 Å². The van der Waals surface area contributed by atoms with Crippen molar-refractivity contribution in [2.75, 3.05) is 6.54 Å². The lowest BCUT2D eigenvalue weighted by atomic mass is 10.3. The number of carboxylic acid groups (broad SMARTS) is 1. The maximum absolute atomic E-state index is 11.4. The van der Waals surface area contributed by atoms with Crippen LogP contribution in [-0.4, -0.2) is 39.2 Å². The Morgan fingerprint density at radius 1 is 1.50 bits per heavy atom. The number of aliphatic carboxylic acids is 1. The Bertz CT molecular complexity index is 378. The zero-order valence-electron chi connectivity index (χ0n) is 10.3. The van der Waals surface area contributed by atoms with Gasteiger partial charge in [-0.05, 0) is 13.3 Å². The molecule has 0 aromatic carbocycles. The normalized spacial score (nSPS) is 11.8. The van der Waals surface area contributed by atoms with E-state index in [2.05, 4.69) is 15.6 Å². The Balaban J connectivity index is 2.13. The first-order valence-corrected chi connectivity index (χ1v) is 5.80. The van der Waals surface area contributed by atoms with E-state index in [1.54, 1.807) is 12.5 Å². The van der Waals surface area contributed by atoms with Crippen LogP contribution in [0, 0.1) is 0 Å². The van der Waals surface area contributed by atoms with Crippen molar-refractivity contribution in [3.8, 4) is 0 Å². The number of nitrogens with zero attached hydrogens (tertiary/aromatic N) is 2. The minimum atomic E-state index is -0.856. The lowest BCUT2D eigenvalue weighted by Crippen LogP contribution is -2.42. The minimum Gasteiger partial charge on any atom is -0.481 e. The number of aromatic nitrogens is 2. The number of hydrogen-bond donors (Lipinski definition) is 3. The maximum Gasteiger partial charge on any atom is 0.315 e. The molecule has 0 spiro atoms. The van der Waals surface area contributed by atoms with E-state index in [0.717, 1.165) is 0 Å². The van der Waals surface area contributed by atoms with E-state index in [0.29, 0.717) is 19.5 Å². The van der Waals surface area contributed by atoms with E-state index in [9.17, 15) is 9.59 Å². The summed E-state index contributed by atoms with van der Waals surface area (Å²) in [5.41, 5.74) is 0. The summed E-state index contributed by atoms with van der Waals surface area (Å²) in [5, 5.41) is 13.8. The summed E-state index contributed by atoms with van der Waals surface area (Å²) in [6.07, 6.45) is 5.67. The van der Waals surface area contributed by atoms with Crippen LogP contribution in [0.3, 0.4) is 0 Å². The van der Waals surface area contributed by atoms with E-state index >= 15 is 0 Å². The van der Waals surface area contributed by atoms with Crippen molar-refractivity contribution in [3.05, 3.63) is 18.7 Å². The van der Waals surface area contributed by atoms with Crippen LogP contribution in [0.1, 0.15) is 19.8 Å². The number of imidazole rings is 1. The first kappa shape index (κ1) is 14.0. The molecule has 7 heteroatoms. The Kier molecular flexibility index (Phi) is 5.69. The van der Waals surface area contributed by atoms with Crippen LogP contribution in [0.5, 0.6) is 0 Å². The molecule has 0 saturated carbocycles. The van der Waals surface area contributed by atoms with Gasteiger partial charge in [-0.1, -0.05) is 0 Å². The molecule has 18 heavy (non-hydrogen) atoms. The monoisotopic (exact) mass is 254 g/mol. The van der Waals surface area contributed by atoms with Gasteiger partial charge in [0.15, 0.2) is 0 Å². The van der Waals surface area contributed by atoms with E-state index in [-0.39, 0.29) is 18.5 Å². The molecule has 0 fully saturated rings. The van der Waals surface area contributed by atoms with Crippen molar-refractivity contribution in [1.82, 2.24) is 20.2 Å². The topological polar surface area (TPSA) is 96.3 Å². The van der Waals surface area contributed by atoms with Crippen molar-refractivity contribution in [2.45, 2.75) is 32.4 Å². The second-order valence-electron chi connectivity index (χ2n) is 4.06. The molecule has 0 aliphatic carbocycles. The highest BCUT2D eigenvalue weighted by Crippen LogP contribution is 1.91. The van der Waals surface area contributed by atoms with Crippen LogP contribution < -0.4 is 10.6 Å². The van der Waals surface area contributed by atoms with Crippen LogP contribution in [0.25, 0.3) is 0 Å². The minimum absolute atomic E-state index is 0.0290. The number of hydrogen-bond acceptors (Lipinski definition) is 3. The van der Waals surface area contributed by atoms with Gasteiger partial charge in [-0.15, -0.1) is 0 Å². The van der Waals surface area contributed by atoms with E-state index in [4.69, 9.17) is 5.11 Å². The van der Waals surface area contributed by atoms with E-state index in [1.165, 1.54) is 0 Å². The summed E-state index contributed by atoms with van der Waals surface area (Å²) in [5.74, 6) is -0.856.